The number of hydrogen-bond acceptors (Lipinski definition) is 0. The van der Waals surface area contributed by atoms with Crippen LogP contribution in [0.15, 0.2) is 152 Å². The Bertz CT molecular complexity index is 1270. The minimum Gasteiger partial charge on any atom is -0.693 e. The molecule has 0 bridgehead atoms. The number of benzene rings is 5. The van der Waals surface area contributed by atoms with Crippen molar-refractivity contribution in [1.29, 1.82) is 0 Å². The van der Waals surface area contributed by atoms with Crippen molar-refractivity contribution in [3.8, 4) is 5.92 Å². The first-order valence-electron chi connectivity index (χ1n) is 15.3. The predicted octanol–water partition coefficient (Wildman–Crippen LogP) is 8.74. The first kappa shape index (κ1) is 41.9. The Morgan fingerprint density at radius 2 is 0.729 bits per heavy atom. The summed E-state index contributed by atoms with van der Waals surface area (Å²) in [7, 11) is -0.696. The van der Waals surface area contributed by atoms with Gasteiger partial charge in [0.1, 0.15) is 0 Å². The van der Waals surface area contributed by atoms with Crippen molar-refractivity contribution >= 4 is 37.1 Å². The van der Waals surface area contributed by atoms with Gasteiger partial charge in [-0.2, -0.15) is 36.4 Å². The van der Waals surface area contributed by atoms with E-state index in [9.17, 15) is 0 Å². The van der Waals surface area contributed by atoms with E-state index in [2.05, 4.69) is 133 Å². The first-order chi connectivity index (χ1) is 22.8. The normalized spacial score (nSPS) is 13.2. The second-order valence-electron chi connectivity index (χ2n) is 9.98. The van der Waals surface area contributed by atoms with Crippen LogP contribution in [-0.4, -0.2) is 12.3 Å². The smallest absolute Gasteiger partial charge is 0.693 e. The van der Waals surface area contributed by atoms with Crippen LogP contribution in [0, 0.1) is 82.1 Å². The molecule has 0 amide bonds. The van der Waals surface area contributed by atoms with Crippen LogP contribution in [0.5, 0.6) is 0 Å². The molecule has 4 heteroatoms. The zero-order valence-corrected chi connectivity index (χ0v) is 31.8. The monoisotopic (exact) mass is 879 g/mol. The van der Waals surface area contributed by atoms with Crippen molar-refractivity contribution in [1.82, 2.24) is 0 Å². The molecule has 2 aliphatic rings. The first-order valence-corrected chi connectivity index (χ1v) is 18.4. The summed E-state index contributed by atoms with van der Waals surface area (Å²) in [6.07, 6.45) is 26.5. The van der Waals surface area contributed by atoms with Crippen molar-refractivity contribution in [3.63, 3.8) is 0 Å². The average molecular weight is 880 g/mol. The topological polar surface area (TPSA) is 0 Å². The van der Waals surface area contributed by atoms with E-state index in [0.29, 0.717) is 0 Å². The molecular weight excluding hydrogens is 841 g/mol. The molecule has 5 aromatic carbocycles. The Hall–Kier alpha value is -2.27. The standard InChI is InChI=1S/C26H24P2.C7H4.C6H5.C5H5.Fe.Pt/c1-5-13-23(14-6-1)27(24-15-7-2-8-16-24)21-22-28(25-17-9-3-10-18-25)26-19-11-4-12-20-26;1-2-7-5-3-4-6-7;1-2-4-6-5-3-1;1-2-4-5-3-1;;/h1-20H,21-22H2;3-6H;1-5H;1-5H;;/q;2*-1;;2*+2. The molecule has 0 aromatic heterocycles. The van der Waals surface area contributed by atoms with Gasteiger partial charge in [0.05, 0.1) is 0 Å². The molecule has 5 aromatic rings. The molecule has 2 saturated carbocycles. The Morgan fingerprint density at radius 3 is 0.938 bits per heavy atom. The van der Waals surface area contributed by atoms with E-state index in [-0.39, 0.29) is 54.0 Å². The molecule has 0 N–H and O–H groups in total. The van der Waals surface area contributed by atoms with Crippen LogP contribution in [0.3, 0.4) is 0 Å². The summed E-state index contributed by atoms with van der Waals surface area (Å²) in [5.41, 5.74) is 0. The molecule has 0 saturated heterocycles. The van der Waals surface area contributed by atoms with E-state index in [0.717, 1.165) is 5.92 Å². The van der Waals surface area contributed by atoms with Crippen LogP contribution in [0.4, 0.5) is 0 Å². The Balaban J connectivity index is 0.000000323. The summed E-state index contributed by atoms with van der Waals surface area (Å²) in [5.74, 6) is 3.10. The maximum Gasteiger partial charge on any atom is 2.00 e. The molecule has 2 aliphatic carbocycles. The molecule has 0 spiro atoms. The van der Waals surface area contributed by atoms with E-state index >= 15 is 0 Å². The Morgan fingerprint density at radius 1 is 0.438 bits per heavy atom. The predicted molar refractivity (Wildman–Crippen MR) is 202 cm³/mol. The van der Waals surface area contributed by atoms with Crippen molar-refractivity contribution in [3.05, 3.63) is 228 Å². The third-order valence-corrected chi connectivity index (χ3v) is 12.2. The molecule has 0 aliphatic heterocycles. The van der Waals surface area contributed by atoms with Crippen LogP contribution < -0.4 is 21.2 Å². The van der Waals surface area contributed by atoms with Crippen LogP contribution >= 0.6 is 15.8 Å². The van der Waals surface area contributed by atoms with Crippen molar-refractivity contribution in [2.45, 2.75) is 0 Å². The minimum absolute atomic E-state index is 0. The molecule has 7 rings (SSSR count). The fourth-order valence-electron chi connectivity index (χ4n) is 4.57. The van der Waals surface area contributed by atoms with Crippen molar-refractivity contribution < 1.29 is 38.1 Å². The molecule has 0 unspecified atom stereocenters. The summed E-state index contributed by atoms with van der Waals surface area (Å²) in [6.45, 7) is 0. The minimum atomic E-state index is -0.348. The number of rotatable bonds is 7. The van der Waals surface area contributed by atoms with Gasteiger partial charge in [0, 0.05) is 5.92 Å². The van der Waals surface area contributed by atoms with Gasteiger partial charge < -0.3 is 12.3 Å². The third-order valence-electron chi connectivity index (χ3n) is 6.79. The largest absolute Gasteiger partial charge is 2.00 e. The molecule has 0 nitrogen and oxygen atoms in total. The summed E-state index contributed by atoms with van der Waals surface area (Å²) >= 11 is 0. The Labute approximate surface area is 319 Å². The van der Waals surface area contributed by atoms with Gasteiger partial charge in [-0.3, -0.25) is 0 Å². The van der Waals surface area contributed by atoms with E-state index in [4.69, 9.17) is 6.42 Å². The van der Waals surface area contributed by atoms with Crippen LogP contribution in [0.2, 0.25) is 0 Å². The van der Waals surface area contributed by atoms with Gasteiger partial charge in [-0.15, -0.1) is 0 Å². The van der Waals surface area contributed by atoms with Crippen molar-refractivity contribution in [2.24, 2.45) is 0 Å². The third kappa shape index (κ3) is 16.0. The average Bonchev–Trinajstić information content (AvgIpc) is 3.92. The SMILES string of the molecule is [C-]#C[C]1[CH][CH][CH][CH]1.[CH]1[CH][CH][CH][CH]1.[Fe+2].[Pt+2].[c-]1ccccc1.c1ccc(P(CCP(c2ccccc2)c2ccccc2)c2ccccc2)cc1. The van der Waals surface area contributed by atoms with Gasteiger partial charge in [-0.05, 0) is 107 Å². The van der Waals surface area contributed by atoms with Gasteiger partial charge in [0.2, 0.25) is 0 Å². The van der Waals surface area contributed by atoms with E-state index < -0.39 is 0 Å². The van der Waals surface area contributed by atoms with Crippen LogP contribution in [0.1, 0.15) is 0 Å². The van der Waals surface area contributed by atoms with Gasteiger partial charge in [0.15, 0.2) is 0 Å². The van der Waals surface area contributed by atoms with Crippen molar-refractivity contribution in [2.75, 3.05) is 12.3 Å². The fourth-order valence-corrected chi connectivity index (χ4v) is 9.92. The Kier molecular flexibility index (Phi) is 23.2. The quantitative estimate of drug-likeness (QED) is 0.0665. The van der Waals surface area contributed by atoms with Gasteiger partial charge >= 0.3 is 38.1 Å². The molecular formula is C44H38FeP2Pt+2. The second kappa shape index (κ2) is 26.6. The molecule has 48 heavy (non-hydrogen) atoms. The maximum absolute atomic E-state index is 6.61. The fraction of sp³-hybridized carbons (Fsp3) is 0.0455. The molecule has 0 atom stereocenters. The number of hydrogen-bond donors (Lipinski definition) is 0. The zero-order valence-electron chi connectivity index (χ0n) is 26.6. The van der Waals surface area contributed by atoms with Gasteiger partial charge in [-0.25, -0.2) is 0 Å². The van der Waals surface area contributed by atoms with Gasteiger partial charge in [0.25, 0.3) is 0 Å². The van der Waals surface area contributed by atoms with E-state index in [1.807, 2.05) is 88.1 Å². The molecule has 0 heterocycles. The van der Waals surface area contributed by atoms with Crippen LogP contribution in [-0.2, 0) is 38.1 Å². The zero-order chi connectivity index (χ0) is 31.9. The molecule has 240 valence electrons. The summed E-state index contributed by atoms with van der Waals surface area (Å²) in [6, 6.07) is 56.7. The summed E-state index contributed by atoms with van der Waals surface area (Å²) in [5, 5.41) is 5.89. The van der Waals surface area contributed by atoms with E-state index in [1.165, 1.54) is 33.5 Å². The van der Waals surface area contributed by atoms with Gasteiger partial charge in [-0.1, -0.05) is 121 Å². The van der Waals surface area contributed by atoms with Crippen LogP contribution in [0.25, 0.3) is 0 Å². The van der Waals surface area contributed by atoms with E-state index in [1.54, 1.807) is 0 Å². The molecule has 10 radical (unpaired) electrons. The molecule has 2 fully saturated rings. The summed E-state index contributed by atoms with van der Waals surface area (Å²) < 4.78 is 0. The maximum atomic E-state index is 6.61. The second-order valence-corrected chi connectivity index (χ2v) is 14.7. The summed E-state index contributed by atoms with van der Waals surface area (Å²) in [4.78, 5) is 0.